The number of carboxylic acid groups (broad SMARTS) is 1. The van der Waals surface area contributed by atoms with Gasteiger partial charge in [0.25, 0.3) is 0 Å². The third-order valence-electron chi connectivity index (χ3n) is 5.59. The average Bonchev–Trinajstić information content (AvgIpc) is 2.67. The third-order valence-corrected chi connectivity index (χ3v) is 5.59. The summed E-state index contributed by atoms with van der Waals surface area (Å²) in [6, 6.07) is 6.55. The van der Waals surface area contributed by atoms with Crippen molar-refractivity contribution in [2.45, 2.75) is 97.5 Å². The van der Waals surface area contributed by atoms with Crippen molar-refractivity contribution in [2.75, 3.05) is 6.61 Å². The van der Waals surface area contributed by atoms with Crippen LogP contribution in [0, 0.1) is 5.41 Å². The number of aliphatic hydroxyl groups is 1. The van der Waals surface area contributed by atoms with E-state index in [4.69, 9.17) is 4.74 Å². The highest BCUT2D eigenvalue weighted by molar-refractivity contribution is 5.90. The number of aromatic carboxylic acids is 1. The molecule has 1 unspecified atom stereocenters. The third kappa shape index (κ3) is 11.5. The molecule has 0 aliphatic carbocycles. The molecule has 0 saturated heterocycles. The number of halogens is 1. The molecule has 0 radical (unpaired) electrons. The number of para-hydroxylation sites is 1. The molecule has 168 valence electrons. The lowest BCUT2D eigenvalue weighted by atomic mass is 9.81. The molecule has 0 aromatic heterocycles. The van der Waals surface area contributed by atoms with E-state index in [9.17, 15) is 15.0 Å². The molecule has 1 rings (SSSR count). The first-order valence-corrected chi connectivity index (χ1v) is 11.0. The van der Waals surface area contributed by atoms with Gasteiger partial charge in [0.15, 0.2) is 0 Å². The van der Waals surface area contributed by atoms with Gasteiger partial charge in [0, 0.05) is 0 Å². The topological polar surface area (TPSA) is 66.8 Å². The number of carbonyl (C=O) groups is 1. The van der Waals surface area contributed by atoms with E-state index in [1.54, 1.807) is 18.2 Å². The minimum Gasteiger partial charge on any atom is -0.490 e. The van der Waals surface area contributed by atoms with Crippen LogP contribution in [0.2, 0.25) is 0 Å². The lowest BCUT2D eigenvalue weighted by molar-refractivity contribution is 0.00529. The summed E-state index contributed by atoms with van der Waals surface area (Å²) in [5, 5.41) is 19.7. The SMILES string of the molecule is CCCCCCCCCCCCC(C)(C)C(O)COc1ccccc1C(=O)O.Cl. The maximum Gasteiger partial charge on any atom is 0.339 e. The minimum atomic E-state index is -1.02. The van der Waals surface area contributed by atoms with Crippen molar-refractivity contribution in [3.63, 3.8) is 0 Å². The van der Waals surface area contributed by atoms with Crippen LogP contribution >= 0.6 is 12.4 Å². The lowest BCUT2D eigenvalue weighted by Gasteiger charge is -2.30. The van der Waals surface area contributed by atoms with Gasteiger partial charge in [0.2, 0.25) is 0 Å². The molecule has 0 saturated carbocycles. The molecular weight excluding hydrogens is 388 g/mol. The maximum absolute atomic E-state index is 11.2. The number of rotatable bonds is 16. The number of aliphatic hydroxyl groups excluding tert-OH is 1. The second-order valence-corrected chi connectivity index (χ2v) is 8.55. The van der Waals surface area contributed by atoms with Crippen LogP contribution in [0.4, 0.5) is 0 Å². The number of unbranched alkanes of at least 4 members (excludes halogenated alkanes) is 9. The molecular formula is C24H41ClO4. The summed E-state index contributed by atoms with van der Waals surface area (Å²) in [7, 11) is 0. The van der Waals surface area contributed by atoms with Gasteiger partial charge in [-0.25, -0.2) is 4.79 Å². The number of carboxylic acids is 1. The average molecular weight is 429 g/mol. The van der Waals surface area contributed by atoms with Gasteiger partial charge >= 0.3 is 5.97 Å². The fourth-order valence-corrected chi connectivity index (χ4v) is 3.40. The molecule has 1 atom stereocenters. The predicted molar refractivity (Wildman–Crippen MR) is 122 cm³/mol. The van der Waals surface area contributed by atoms with Crippen molar-refractivity contribution in [1.82, 2.24) is 0 Å². The van der Waals surface area contributed by atoms with E-state index >= 15 is 0 Å². The zero-order valence-corrected chi connectivity index (χ0v) is 19.3. The molecule has 0 fully saturated rings. The van der Waals surface area contributed by atoms with Crippen LogP contribution in [-0.4, -0.2) is 28.9 Å². The fraction of sp³-hybridized carbons (Fsp3) is 0.708. The van der Waals surface area contributed by atoms with Gasteiger partial charge < -0.3 is 14.9 Å². The lowest BCUT2D eigenvalue weighted by Crippen LogP contribution is -2.34. The zero-order chi connectivity index (χ0) is 20.8. The first kappa shape index (κ1) is 27.7. The van der Waals surface area contributed by atoms with Crippen molar-refractivity contribution in [1.29, 1.82) is 0 Å². The Morgan fingerprint density at radius 3 is 2.03 bits per heavy atom. The second-order valence-electron chi connectivity index (χ2n) is 8.55. The van der Waals surface area contributed by atoms with Crippen LogP contribution in [-0.2, 0) is 0 Å². The van der Waals surface area contributed by atoms with Crippen molar-refractivity contribution in [2.24, 2.45) is 5.41 Å². The summed E-state index contributed by atoms with van der Waals surface area (Å²) in [6.45, 7) is 6.46. The van der Waals surface area contributed by atoms with E-state index in [2.05, 4.69) is 20.8 Å². The molecule has 5 heteroatoms. The second kappa shape index (κ2) is 15.6. The van der Waals surface area contributed by atoms with Crippen molar-refractivity contribution >= 4 is 18.4 Å². The first-order chi connectivity index (χ1) is 13.4. The number of hydrogen-bond acceptors (Lipinski definition) is 3. The van der Waals surface area contributed by atoms with Gasteiger partial charge in [-0.15, -0.1) is 12.4 Å². The Hall–Kier alpha value is -1.26. The highest BCUT2D eigenvalue weighted by atomic mass is 35.5. The molecule has 29 heavy (non-hydrogen) atoms. The molecule has 4 nitrogen and oxygen atoms in total. The predicted octanol–water partition coefficient (Wildman–Crippen LogP) is 6.88. The number of hydrogen-bond donors (Lipinski definition) is 2. The van der Waals surface area contributed by atoms with Gasteiger partial charge in [-0.1, -0.05) is 97.1 Å². The molecule has 2 N–H and O–H groups in total. The van der Waals surface area contributed by atoms with Crippen LogP contribution < -0.4 is 4.74 Å². The van der Waals surface area contributed by atoms with Crippen LogP contribution in [0.1, 0.15) is 102 Å². The Kier molecular flexibility index (Phi) is 14.9. The van der Waals surface area contributed by atoms with Crippen molar-refractivity contribution in [3.8, 4) is 5.75 Å². The Balaban J connectivity index is 0.00000784. The molecule has 0 spiro atoms. The van der Waals surface area contributed by atoms with Crippen molar-refractivity contribution in [3.05, 3.63) is 29.8 Å². The molecule has 1 aromatic rings. The number of ether oxygens (including phenoxy) is 1. The van der Waals surface area contributed by atoms with E-state index in [-0.39, 0.29) is 30.0 Å². The molecule has 0 bridgehead atoms. The van der Waals surface area contributed by atoms with Crippen LogP contribution in [0.15, 0.2) is 24.3 Å². The largest absolute Gasteiger partial charge is 0.490 e. The normalized spacial score (nSPS) is 12.3. The summed E-state index contributed by atoms with van der Waals surface area (Å²) < 4.78 is 5.62. The fourth-order valence-electron chi connectivity index (χ4n) is 3.40. The Morgan fingerprint density at radius 1 is 0.966 bits per heavy atom. The molecule has 0 heterocycles. The number of benzene rings is 1. The first-order valence-electron chi connectivity index (χ1n) is 11.0. The Labute approximate surface area is 183 Å². The van der Waals surface area contributed by atoms with Gasteiger partial charge in [-0.2, -0.15) is 0 Å². The summed E-state index contributed by atoms with van der Waals surface area (Å²) in [5.74, 6) is -0.710. The van der Waals surface area contributed by atoms with Crippen LogP contribution in [0.25, 0.3) is 0 Å². The van der Waals surface area contributed by atoms with Gasteiger partial charge in [-0.05, 0) is 24.0 Å². The van der Waals surface area contributed by atoms with E-state index in [0.717, 1.165) is 12.8 Å². The Bertz CT molecular complexity index is 560. The molecule has 0 aliphatic rings. The van der Waals surface area contributed by atoms with Crippen LogP contribution in [0.5, 0.6) is 5.75 Å². The summed E-state index contributed by atoms with van der Waals surface area (Å²) in [4.78, 5) is 11.2. The zero-order valence-electron chi connectivity index (χ0n) is 18.5. The van der Waals surface area contributed by atoms with E-state index in [0.29, 0.717) is 5.75 Å². The Morgan fingerprint density at radius 2 is 1.48 bits per heavy atom. The maximum atomic E-state index is 11.2. The van der Waals surface area contributed by atoms with E-state index in [1.807, 2.05) is 0 Å². The summed E-state index contributed by atoms with van der Waals surface area (Å²) in [5.41, 5.74) is -0.125. The summed E-state index contributed by atoms with van der Waals surface area (Å²) in [6.07, 6.45) is 13.3. The highest BCUT2D eigenvalue weighted by Gasteiger charge is 2.28. The monoisotopic (exact) mass is 428 g/mol. The standard InChI is InChI=1S/C24H40O4.ClH/c1-4-5-6-7-8-9-10-11-12-15-18-24(2,3)22(25)19-28-21-17-14-13-16-20(21)23(26)27;/h13-14,16-17,22,25H,4-12,15,18-19H2,1-3H3,(H,26,27);1H. The van der Waals surface area contributed by atoms with Crippen LogP contribution in [0.3, 0.4) is 0 Å². The minimum absolute atomic E-state index is 0. The molecule has 0 aliphatic heterocycles. The molecule has 0 amide bonds. The summed E-state index contributed by atoms with van der Waals surface area (Å²) >= 11 is 0. The van der Waals surface area contributed by atoms with Gasteiger partial charge in [-0.3, -0.25) is 0 Å². The van der Waals surface area contributed by atoms with Gasteiger partial charge in [0.05, 0.1) is 6.10 Å². The smallest absolute Gasteiger partial charge is 0.339 e. The van der Waals surface area contributed by atoms with E-state index in [1.165, 1.54) is 63.9 Å². The van der Waals surface area contributed by atoms with Gasteiger partial charge in [0.1, 0.15) is 17.9 Å². The molecule has 1 aromatic carbocycles. The van der Waals surface area contributed by atoms with Crippen molar-refractivity contribution < 1.29 is 19.7 Å². The highest BCUT2D eigenvalue weighted by Crippen LogP contribution is 2.29. The quantitative estimate of drug-likeness (QED) is 0.281. The van der Waals surface area contributed by atoms with E-state index < -0.39 is 12.1 Å².